The lowest BCUT2D eigenvalue weighted by Crippen LogP contribution is -2.22. The summed E-state index contributed by atoms with van der Waals surface area (Å²) < 4.78 is 6.37. The van der Waals surface area contributed by atoms with Crippen LogP contribution in [0.2, 0.25) is 0 Å². The van der Waals surface area contributed by atoms with E-state index >= 15 is 0 Å². The van der Waals surface area contributed by atoms with Crippen molar-refractivity contribution in [1.82, 2.24) is 15.1 Å². The van der Waals surface area contributed by atoms with E-state index in [4.69, 9.17) is 4.74 Å². The minimum absolute atomic E-state index is 0.0229. The number of methoxy groups -OCH3 is 1. The molecule has 0 saturated carbocycles. The highest BCUT2D eigenvalue weighted by molar-refractivity contribution is 7.07. The van der Waals surface area contributed by atoms with Crippen molar-refractivity contribution in [2.75, 3.05) is 19.0 Å². The van der Waals surface area contributed by atoms with Gasteiger partial charge in [0, 0.05) is 19.2 Å². The normalized spacial score (nSPS) is 10.5. The van der Waals surface area contributed by atoms with E-state index < -0.39 is 0 Å². The molecular formula is C18H18N4O3S. The van der Waals surface area contributed by atoms with Gasteiger partial charge in [0.25, 0.3) is 5.91 Å². The third-order valence-corrected chi connectivity index (χ3v) is 4.28. The smallest absolute Gasteiger partial charge is 0.251 e. The predicted molar refractivity (Wildman–Crippen MR) is 99.6 cm³/mol. The molecule has 2 N–H and O–H groups in total. The molecule has 0 aliphatic heterocycles. The zero-order valence-corrected chi connectivity index (χ0v) is 15.0. The monoisotopic (exact) mass is 370 g/mol. The van der Waals surface area contributed by atoms with Crippen LogP contribution < -0.4 is 10.6 Å². The molecule has 2 aromatic heterocycles. The highest BCUT2D eigenvalue weighted by atomic mass is 32.1. The van der Waals surface area contributed by atoms with Gasteiger partial charge in [-0.3, -0.25) is 9.59 Å². The number of nitrogens with one attached hydrogen (secondary N) is 2. The van der Waals surface area contributed by atoms with Gasteiger partial charge in [0.05, 0.1) is 23.8 Å². The molecule has 2 heterocycles. The van der Waals surface area contributed by atoms with Crippen molar-refractivity contribution >= 4 is 28.8 Å². The number of carbonyl (C=O) groups is 2. The van der Waals surface area contributed by atoms with Crippen molar-refractivity contribution < 1.29 is 14.3 Å². The number of nitrogens with zero attached hydrogens (tertiary/aromatic N) is 2. The summed E-state index contributed by atoms with van der Waals surface area (Å²) in [7, 11) is 1.46. The summed E-state index contributed by atoms with van der Waals surface area (Å²) in [5.41, 5.74) is 2.89. The molecule has 0 bridgehead atoms. The maximum absolute atomic E-state index is 12.3. The molecule has 0 spiro atoms. The number of aromatic nitrogens is 2. The molecule has 0 unspecified atom stereocenters. The minimum atomic E-state index is -0.256. The van der Waals surface area contributed by atoms with Crippen LogP contribution in [0.25, 0.3) is 5.69 Å². The van der Waals surface area contributed by atoms with E-state index in [-0.39, 0.29) is 18.4 Å². The van der Waals surface area contributed by atoms with Crippen molar-refractivity contribution in [3.05, 3.63) is 64.6 Å². The van der Waals surface area contributed by atoms with Crippen LogP contribution in [-0.2, 0) is 16.1 Å². The molecule has 8 heteroatoms. The van der Waals surface area contributed by atoms with Gasteiger partial charge in [0.1, 0.15) is 6.61 Å². The SMILES string of the molecule is COCC(=O)Nc1cnn(-c2cccc(C(=O)NCc3ccsc3)c2)c1. The van der Waals surface area contributed by atoms with E-state index in [2.05, 4.69) is 15.7 Å². The summed E-state index contributed by atoms with van der Waals surface area (Å²) in [5.74, 6) is -0.410. The van der Waals surface area contributed by atoms with Crippen molar-refractivity contribution in [3.63, 3.8) is 0 Å². The first-order chi connectivity index (χ1) is 12.7. The number of rotatable bonds is 7. The number of anilines is 1. The average molecular weight is 370 g/mol. The summed E-state index contributed by atoms with van der Waals surface area (Å²) in [6.45, 7) is 0.467. The average Bonchev–Trinajstić information content (AvgIpc) is 3.32. The maximum atomic E-state index is 12.3. The quantitative estimate of drug-likeness (QED) is 0.669. The number of benzene rings is 1. The van der Waals surface area contributed by atoms with Crippen LogP contribution >= 0.6 is 11.3 Å². The van der Waals surface area contributed by atoms with Crippen molar-refractivity contribution in [3.8, 4) is 5.69 Å². The summed E-state index contributed by atoms with van der Waals surface area (Å²) in [5, 5.41) is 13.8. The molecule has 0 fully saturated rings. The van der Waals surface area contributed by atoms with Gasteiger partial charge < -0.3 is 15.4 Å². The van der Waals surface area contributed by atoms with Gasteiger partial charge in [0.2, 0.25) is 5.91 Å². The van der Waals surface area contributed by atoms with Gasteiger partial charge in [0.15, 0.2) is 0 Å². The van der Waals surface area contributed by atoms with Gasteiger partial charge in [-0.25, -0.2) is 4.68 Å². The Morgan fingerprint density at radius 1 is 1.31 bits per heavy atom. The van der Waals surface area contributed by atoms with Gasteiger partial charge in [-0.15, -0.1) is 0 Å². The Bertz CT molecular complexity index is 889. The van der Waals surface area contributed by atoms with Crippen molar-refractivity contribution in [1.29, 1.82) is 0 Å². The standard InChI is InChI=1S/C18H18N4O3S/c1-25-11-17(23)21-15-9-20-22(10-15)16-4-2-3-14(7-16)18(24)19-8-13-5-6-26-12-13/h2-7,9-10,12H,8,11H2,1H3,(H,19,24)(H,21,23). The highest BCUT2D eigenvalue weighted by Gasteiger charge is 2.09. The van der Waals surface area contributed by atoms with E-state index in [0.29, 0.717) is 17.8 Å². The number of hydrogen-bond acceptors (Lipinski definition) is 5. The number of ether oxygens (including phenoxy) is 1. The van der Waals surface area contributed by atoms with Gasteiger partial charge in [-0.2, -0.15) is 16.4 Å². The van der Waals surface area contributed by atoms with E-state index in [0.717, 1.165) is 11.3 Å². The van der Waals surface area contributed by atoms with Crippen molar-refractivity contribution in [2.24, 2.45) is 0 Å². The molecule has 0 saturated heterocycles. The Morgan fingerprint density at radius 3 is 2.96 bits per heavy atom. The second kappa shape index (κ2) is 8.41. The molecule has 134 valence electrons. The Morgan fingerprint density at radius 2 is 2.19 bits per heavy atom. The number of thiophene rings is 1. The molecule has 7 nitrogen and oxygen atoms in total. The lowest BCUT2D eigenvalue weighted by atomic mass is 10.2. The van der Waals surface area contributed by atoms with Crippen LogP contribution in [0.3, 0.4) is 0 Å². The molecule has 0 radical (unpaired) electrons. The minimum Gasteiger partial charge on any atom is -0.375 e. The number of carbonyl (C=O) groups excluding carboxylic acids is 2. The molecule has 2 amide bonds. The molecule has 26 heavy (non-hydrogen) atoms. The van der Waals surface area contributed by atoms with Gasteiger partial charge in [-0.1, -0.05) is 6.07 Å². The zero-order valence-electron chi connectivity index (χ0n) is 14.1. The summed E-state index contributed by atoms with van der Waals surface area (Å²) in [4.78, 5) is 23.9. The first kappa shape index (κ1) is 17.8. The molecule has 1 aromatic carbocycles. The first-order valence-electron chi connectivity index (χ1n) is 7.89. The second-order valence-corrected chi connectivity index (χ2v) is 6.30. The van der Waals surface area contributed by atoms with Gasteiger partial charge >= 0.3 is 0 Å². The largest absolute Gasteiger partial charge is 0.375 e. The van der Waals surface area contributed by atoms with Crippen LogP contribution in [0.4, 0.5) is 5.69 Å². The first-order valence-corrected chi connectivity index (χ1v) is 8.83. The maximum Gasteiger partial charge on any atom is 0.251 e. The Balaban J connectivity index is 1.68. The molecule has 0 atom stereocenters. The van der Waals surface area contributed by atoms with E-state index in [1.54, 1.807) is 40.4 Å². The van der Waals surface area contributed by atoms with Crippen LogP contribution in [0.15, 0.2) is 53.5 Å². The fourth-order valence-corrected chi connectivity index (χ4v) is 2.99. The molecule has 3 aromatic rings. The Labute approximate surface area is 154 Å². The predicted octanol–water partition coefficient (Wildman–Crippen LogP) is 2.45. The van der Waals surface area contributed by atoms with Crippen LogP contribution in [0, 0.1) is 0 Å². The molecule has 0 aliphatic carbocycles. The van der Waals surface area contributed by atoms with E-state index in [1.165, 1.54) is 13.3 Å². The fraction of sp³-hybridized carbons (Fsp3) is 0.167. The topological polar surface area (TPSA) is 85.2 Å². The molecular weight excluding hydrogens is 352 g/mol. The third kappa shape index (κ3) is 4.56. The lowest BCUT2D eigenvalue weighted by Gasteiger charge is -2.06. The fourth-order valence-electron chi connectivity index (χ4n) is 2.32. The molecule has 3 rings (SSSR count). The Hall–Kier alpha value is -2.97. The van der Waals surface area contributed by atoms with Crippen LogP contribution in [0.1, 0.15) is 15.9 Å². The van der Waals surface area contributed by atoms with E-state index in [9.17, 15) is 9.59 Å². The summed E-state index contributed by atoms with van der Waals surface area (Å²) in [6.07, 6.45) is 3.22. The number of amides is 2. The third-order valence-electron chi connectivity index (χ3n) is 3.55. The zero-order chi connectivity index (χ0) is 18.4. The number of hydrogen-bond donors (Lipinski definition) is 2. The summed E-state index contributed by atoms with van der Waals surface area (Å²) >= 11 is 1.60. The highest BCUT2D eigenvalue weighted by Crippen LogP contribution is 2.14. The Kier molecular flexibility index (Phi) is 5.77. The summed E-state index contributed by atoms with van der Waals surface area (Å²) in [6, 6.07) is 9.10. The van der Waals surface area contributed by atoms with Crippen molar-refractivity contribution in [2.45, 2.75) is 6.54 Å². The van der Waals surface area contributed by atoms with Crippen LogP contribution in [-0.4, -0.2) is 35.3 Å². The van der Waals surface area contributed by atoms with Gasteiger partial charge in [-0.05, 0) is 40.6 Å². The molecule has 0 aliphatic rings. The van der Waals surface area contributed by atoms with E-state index in [1.807, 2.05) is 22.9 Å². The second-order valence-electron chi connectivity index (χ2n) is 5.52. The lowest BCUT2D eigenvalue weighted by molar-refractivity contribution is -0.119. The van der Waals surface area contributed by atoms with Crippen LogP contribution in [0.5, 0.6) is 0 Å².